The number of nitrogens with zero attached hydrogens (tertiary/aromatic N) is 4. The fourth-order valence-electron chi connectivity index (χ4n) is 3.70. The SMILES string of the molecule is CC(=O)NC(CSC(CC(=O)CC(SCC(NC(C)=O)C(=O)O)c1nccc(C(C)=O)n1)c1cc(C(C)=O)ncn1)C(=O)O. The van der Waals surface area contributed by atoms with Crippen LogP contribution in [0.25, 0.3) is 0 Å². The summed E-state index contributed by atoms with van der Waals surface area (Å²) in [6, 6.07) is 0.256. The molecule has 4 unspecified atom stereocenters. The maximum absolute atomic E-state index is 13.5. The normalized spacial score (nSPS) is 13.5. The Morgan fingerprint density at radius 1 is 0.750 bits per heavy atom. The summed E-state index contributed by atoms with van der Waals surface area (Å²) in [5.74, 6) is -4.94. The summed E-state index contributed by atoms with van der Waals surface area (Å²) >= 11 is 2.04. The van der Waals surface area contributed by atoms with Crippen LogP contribution in [0, 0.1) is 0 Å². The molecule has 2 heterocycles. The van der Waals surface area contributed by atoms with Crippen LogP contribution in [0.3, 0.4) is 0 Å². The van der Waals surface area contributed by atoms with Crippen LogP contribution in [0.4, 0.5) is 0 Å². The summed E-state index contributed by atoms with van der Waals surface area (Å²) in [4.78, 5) is 100. The molecule has 2 amide bonds. The van der Waals surface area contributed by atoms with Crippen molar-refractivity contribution in [2.45, 2.75) is 63.1 Å². The van der Waals surface area contributed by atoms with Gasteiger partial charge in [0.15, 0.2) is 11.6 Å². The second-order valence-electron chi connectivity index (χ2n) is 9.51. The van der Waals surface area contributed by atoms with E-state index in [0.717, 1.165) is 29.9 Å². The predicted molar refractivity (Wildman–Crippen MR) is 159 cm³/mol. The van der Waals surface area contributed by atoms with Crippen molar-refractivity contribution in [2.75, 3.05) is 11.5 Å². The van der Waals surface area contributed by atoms with E-state index in [1.807, 2.05) is 0 Å². The van der Waals surface area contributed by atoms with Gasteiger partial charge in [-0.05, 0) is 12.1 Å². The molecule has 17 heteroatoms. The van der Waals surface area contributed by atoms with Crippen molar-refractivity contribution >= 4 is 64.6 Å². The minimum Gasteiger partial charge on any atom is -0.480 e. The molecule has 2 aromatic rings. The van der Waals surface area contributed by atoms with Crippen LogP contribution < -0.4 is 10.6 Å². The van der Waals surface area contributed by atoms with Gasteiger partial charge in [-0.1, -0.05) is 0 Å². The number of aromatic nitrogens is 4. The van der Waals surface area contributed by atoms with Crippen molar-refractivity contribution in [3.63, 3.8) is 0 Å². The lowest BCUT2D eigenvalue weighted by atomic mass is 10.1. The number of hydrogen-bond donors (Lipinski definition) is 4. The van der Waals surface area contributed by atoms with E-state index >= 15 is 0 Å². The summed E-state index contributed by atoms with van der Waals surface area (Å²) in [5, 5.41) is 22.1. The molecule has 0 aliphatic heterocycles. The number of aliphatic carboxylic acids is 2. The third kappa shape index (κ3) is 11.8. The van der Waals surface area contributed by atoms with Crippen LogP contribution in [0.1, 0.15) is 83.5 Å². The molecule has 0 aromatic carbocycles. The maximum atomic E-state index is 13.5. The molecule has 0 bridgehead atoms. The summed E-state index contributed by atoms with van der Waals surface area (Å²) in [7, 11) is 0. The Balaban J connectivity index is 2.38. The largest absolute Gasteiger partial charge is 0.480 e. The first-order valence-corrected chi connectivity index (χ1v) is 15.2. The quantitative estimate of drug-likeness (QED) is 0.167. The van der Waals surface area contributed by atoms with Crippen molar-refractivity contribution in [3.05, 3.63) is 47.6 Å². The zero-order valence-corrected chi connectivity index (χ0v) is 25.9. The molecule has 4 atom stereocenters. The van der Waals surface area contributed by atoms with Gasteiger partial charge in [0.25, 0.3) is 0 Å². The number of thioether (sulfide) groups is 2. The topological polar surface area (TPSA) is 236 Å². The first-order valence-electron chi connectivity index (χ1n) is 13.1. The molecule has 0 radical (unpaired) electrons. The number of carboxylic acid groups (broad SMARTS) is 2. The lowest BCUT2D eigenvalue weighted by Gasteiger charge is -2.21. The third-order valence-corrected chi connectivity index (χ3v) is 8.45. The molecule has 4 N–H and O–H groups in total. The highest BCUT2D eigenvalue weighted by molar-refractivity contribution is 7.99. The average Bonchev–Trinajstić information content (AvgIpc) is 2.95. The average molecular weight is 649 g/mol. The van der Waals surface area contributed by atoms with Crippen molar-refractivity contribution in [3.8, 4) is 0 Å². The number of Topliss-reactive ketones (excluding diaryl/α,β-unsaturated/α-hetero) is 3. The van der Waals surface area contributed by atoms with Crippen LogP contribution in [-0.2, 0) is 24.0 Å². The summed E-state index contributed by atoms with van der Waals surface area (Å²) in [5.41, 5.74) is 0.463. The smallest absolute Gasteiger partial charge is 0.327 e. The number of carboxylic acids is 2. The molecular weight excluding hydrogens is 616 g/mol. The molecule has 0 aliphatic rings. The second kappa shape index (κ2) is 17.1. The van der Waals surface area contributed by atoms with Crippen molar-refractivity contribution in [2.24, 2.45) is 0 Å². The minimum absolute atomic E-state index is 0.0882. The fraction of sp³-hybridized carbons (Fsp3) is 0.444. The highest BCUT2D eigenvalue weighted by atomic mass is 32.2. The zero-order chi connectivity index (χ0) is 33.0. The van der Waals surface area contributed by atoms with E-state index in [9.17, 15) is 43.8 Å². The third-order valence-electron chi connectivity index (χ3n) is 5.81. The standard InChI is InChI=1S/C27H32N6O9S2/c1-13(34)18-5-6-28-25(33-18)24(44-11-22(27(41)42)32-16(4)37)8-17(38)7-23(20-9-19(14(2)35)29-12-30-20)43-10-21(26(39)40)31-15(3)36/h5-6,9,12,21-24H,7-8,10-11H2,1-4H3,(H,31,36)(H,32,37)(H,39,40)(H,41,42). The van der Waals surface area contributed by atoms with Crippen molar-refractivity contribution in [1.29, 1.82) is 0 Å². The summed E-state index contributed by atoms with van der Waals surface area (Å²) in [6.45, 7) is 4.96. The Labute approximate surface area is 260 Å². The van der Waals surface area contributed by atoms with Gasteiger partial charge < -0.3 is 20.8 Å². The predicted octanol–water partition coefficient (Wildman–Crippen LogP) is 1.45. The molecule has 2 rings (SSSR count). The lowest BCUT2D eigenvalue weighted by molar-refractivity contribution is -0.141. The Morgan fingerprint density at radius 2 is 1.27 bits per heavy atom. The summed E-state index contributed by atoms with van der Waals surface area (Å²) < 4.78 is 0. The first-order chi connectivity index (χ1) is 20.7. The zero-order valence-electron chi connectivity index (χ0n) is 24.3. The van der Waals surface area contributed by atoms with Crippen molar-refractivity contribution in [1.82, 2.24) is 30.6 Å². The Bertz CT molecular complexity index is 1320. The van der Waals surface area contributed by atoms with Gasteiger partial charge in [0, 0.05) is 58.2 Å². The monoisotopic (exact) mass is 648 g/mol. The number of nitrogens with one attached hydrogen (secondary N) is 2. The van der Waals surface area contributed by atoms with Gasteiger partial charge in [0.05, 0.1) is 16.2 Å². The maximum Gasteiger partial charge on any atom is 0.327 e. The Morgan fingerprint density at radius 3 is 1.77 bits per heavy atom. The van der Waals surface area contributed by atoms with E-state index in [0.29, 0.717) is 0 Å². The molecule has 0 saturated heterocycles. The highest BCUT2D eigenvalue weighted by Crippen LogP contribution is 2.36. The second-order valence-corrected chi connectivity index (χ2v) is 12.0. The molecule has 15 nitrogen and oxygen atoms in total. The number of amides is 2. The van der Waals surface area contributed by atoms with Crippen LogP contribution in [0.15, 0.2) is 24.7 Å². The Kier molecular flexibility index (Phi) is 14.0. The van der Waals surface area contributed by atoms with E-state index in [1.165, 1.54) is 46.0 Å². The van der Waals surface area contributed by atoms with E-state index < -0.39 is 46.3 Å². The van der Waals surface area contributed by atoms with Crippen LogP contribution in [-0.4, -0.2) is 94.8 Å². The van der Waals surface area contributed by atoms with Gasteiger partial charge in [-0.15, -0.1) is 23.5 Å². The molecule has 0 spiro atoms. The van der Waals surface area contributed by atoms with Gasteiger partial charge in [-0.2, -0.15) is 0 Å². The fourth-order valence-corrected chi connectivity index (χ4v) is 6.17. The number of rotatable bonds is 18. The molecule has 236 valence electrons. The number of carbonyl (C=O) groups is 7. The molecule has 0 aliphatic carbocycles. The Hall–Kier alpha value is -4.25. The van der Waals surface area contributed by atoms with Gasteiger partial charge in [0.1, 0.15) is 41.4 Å². The van der Waals surface area contributed by atoms with Crippen LogP contribution in [0.2, 0.25) is 0 Å². The molecular formula is C27H32N6O9S2. The summed E-state index contributed by atoms with van der Waals surface area (Å²) in [6.07, 6.45) is 2.06. The molecule has 2 aromatic heterocycles. The van der Waals surface area contributed by atoms with Gasteiger partial charge in [-0.3, -0.25) is 24.0 Å². The first kappa shape index (κ1) is 35.9. The van der Waals surface area contributed by atoms with Crippen molar-refractivity contribution < 1.29 is 43.8 Å². The molecule has 0 fully saturated rings. The van der Waals surface area contributed by atoms with Gasteiger partial charge in [-0.25, -0.2) is 29.5 Å². The van der Waals surface area contributed by atoms with Crippen LogP contribution >= 0.6 is 23.5 Å². The number of carbonyl (C=O) groups excluding carboxylic acids is 5. The number of ketones is 3. The van der Waals surface area contributed by atoms with E-state index in [4.69, 9.17) is 0 Å². The number of hydrogen-bond acceptors (Lipinski definition) is 13. The molecule has 44 heavy (non-hydrogen) atoms. The van der Waals surface area contributed by atoms with E-state index in [2.05, 4.69) is 30.6 Å². The molecule has 0 saturated carbocycles. The van der Waals surface area contributed by atoms with E-state index in [-0.39, 0.29) is 64.6 Å². The van der Waals surface area contributed by atoms with Gasteiger partial charge in [0.2, 0.25) is 11.8 Å². The van der Waals surface area contributed by atoms with Crippen LogP contribution in [0.5, 0.6) is 0 Å². The van der Waals surface area contributed by atoms with E-state index in [1.54, 1.807) is 0 Å². The highest BCUT2D eigenvalue weighted by Gasteiger charge is 2.29. The minimum atomic E-state index is -1.29. The lowest BCUT2D eigenvalue weighted by Crippen LogP contribution is -2.41. The van der Waals surface area contributed by atoms with Gasteiger partial charge >= 0.3 is 11.9 Å².